The molecule has 0 aromatic heterocycles. The number of hydrogen-bond donors (Lipinski definition) is 1. The zero-order chi connectivity index (χ0) is 8.48. The number of rotatable bonds is 1. The molecule has 0 aromatic carbocycles. The largest absolute Gasteiger partial charge is 0.290 e. The van der Waals surface area contributed by atoms with Gasteiger partial charge in [0, 0.05) is 0 Å². The standard InChI is InChI=1S/C7H10O3S/c1-6-3-2-4-7(5-6)11(8,9)10/h3,5H,2,4H2,1H3,(H,8,9,10). The summed E-state index contributed by atoms with van der Waals surface area (Å²) in [5, 5.41) is 0. The van der Waals surface area contributed by atoms with E-state index < -0.39 is 10.1 Å². The smallest absolute Gasteiger partial charge is 0.282 e. The van der Waals surface area contributed by atoms with Crippen molar-refractivity contribution in [2.45, 2.75) is 19.8 Å². The minimum absolute atomic E-state index is 0.123. The zero-order valence-corrected chi connectivity index (χ0v) is 7.06. The molecule has 3 nitrogen and oxygen atoms in total. The minimum Gasteiger partial charge on any atom is -0.282 e. The minimum atomic E-state index is -3.94. The van der Waals surface area contributed by atoms with Gasteiger partial charge in [0.25, 0.3) is 10.1 Å². The number of hydrogen-bond acceptors (Lipinski definition) is 2. The summed E-state index contributed by atoms with van der Waals surface area (Å²) in [5.74, 6) is 0. The van der Waals surface area contributed by atoms with E-state index in [9.17, 15) is 8.42 Å². The van der Waals surface area contributed by atoms with Crippen LogP contribution in [0.1, 0.15) is 19.8 Å². The van der Waals surface area contributed by atoms with Crippen LogP contribution in [0.15, 0.2) is 22.6 Å². The zero-order valence-electron chi connectivity index (χ0n) is 6.24. The predicted molar refractivity (Wildman–Crippen MR) is 42.6 cm³/mol. The van der Waals surface area contributed by atoms with Gasteiger partial charge in [0.1, 0.15) is 0 Å². The highest BCUT2D eigenvalue weighted by Crippen LogP contribution is 2.20. The van der Waals surface area contributed by atoms with E-state index in [0.717, 1.165) is 5.57 Å². The van der Waals surface area contributed by atoms with Gasteiger partial charge in [-0.3, -0.25) is 4.55 Å². The van der Waals surface area contributed by atoms with Crippen molar-refractivity contribution in [3.05, 3.63) is 22.6 Å². The maximum absolute atomic E-state index is 10.6. The SMILES string of the molecule is CC1=CCCC(S(=O)(=O)O)=C1. The topological polar surface area (TPSA) is 54.4 Å². The third-order valence-corrected chi connectivity index (χ3v) is 2.56. The molecule has 0 bridgehead atoms. The molecule has 0 heterocycles. The van der Waals surface area contributed by atoms with Crippen LogP contribution >= 0.6 is 0 Å². The molecule has 1 aliphatic rings. The van der Waals surface area contributed by atoms with Gasteiger partial charge in [-0.15, -0.1) is 0 Å². The maximum atomic E-state index is 10.6. The van der Waals surface area contributed by atoms with E-state index in [-0.39, 0.29) is 4.91 Å². The third kappa shape index (κ3) is 2.17. The van der Waals surface area contributed by atoms with E-state index in [1.807, 2.05) is 13.0 Å². The summed E-state index contributed by atoms with van der Waals surface area (Å²) in [7, 11) is -3.94. The van der Waals surface area contributed by atoms with E-state index in [2.05, 4.69) is 0 Å². The monoisotopic (exact) mass is 174 g/mol. The van der Waals surface area contributed by atoms with Crippen LogP contribution in [0.2, 0.25) is 0 Å². The molecular weight excluding hydrogens is 164 g/mol. The Morgan fingerprint density at radius 3 is 2.55 bits per heavy atom. The first kappa shape index (κ1) is 8.49. The van der Waals surface area contributed by atoms with Crippen molar-refractivity contribution in [3.8, 4) is 0 Å². The van der Waals surface area contributed by atoms with E-state index >= 15 is 0 Å². The maximum Gasteiger partial charge on any atom is 0.290 e. The van der Waals surface area contributed by atoms with Crippen LogP contribution in [0, 0.1) is 0 Å². The molecule has 0 amide bonds. The second-order valence-corrected chi connectivity index (χ2v) is 4.05. The van der Waals surface area contributed by atoms with Crippen molar-refractivity contribution < 1.29 is 13.0 Å². The van der Waals surface area contributed by atoms with Gasteiger partial charge in [-0.25, -0.2) is 0 Å². The molecule has 4 heteroatoms. The molecule has 0 saturated heterocycles. The number of allylic oxidation sites excluding steroid dienone is 4. The van der Waals surface area contributed by atoms with E-state index in [0.29, 0.717) is 12.8 Å². The molecule has 1 aliphatic carbocycles. The Labute approximate surface area is 66.2 Å². The van der Waals surface area contributed by atoms with Gasteiger partial charge < -0.3 is 0 Å². The fourth-order valence-electron chi connectivity index (χ4n) is 1.03. The normalized spacial score (nSPS) is 19.1. The van der Waals surface area contributed by atoms with Crippen molar-refractivity contribution >= 4 is 10.1 Å². The van der Waals surface area contributed by atoms with Gasteiger partial charge in [-0.05, 0) is 25.8 Å². The quantitative estimate of drug-likeness (QED) is 0.613. The Kier molecular flexibility index (Phi) is 2.15. The van der Waals surface area contributed by atoms with Gasteiger partial charge in [0.2, 0.25) is 0 Å². The Morgan fingerprint density at radius 2 is 2.18 bits per heavy atom. The van der Waals surface area contributed by atoms with Crippen LogP contribution in [0.3, 0.4) is 0 Å². The Morgan fingerprint density at radius 1 is 1.55 bits per heavy atom. The van der Waals surface area contributed by atoms with E-state index in [4.69, 9.17) is 4.55 Å². The Hall–Kier alpha value is -0.610. The van der Waals surface area contributed by atoms with Crippen LogP contribution < -0.4 is 0 Å². The van der Waals surface area contributed by atoms with Gasteiger partial charge in [0.05, 0.1) is 4.91 Å². The van der Waals surface area contributed by atoms with Gasteiger partial charge >= 0.3 is 0 Å². The molecule has 0 aliphatic heterocycles. The average molecular weight is 174 g/mol. The highest BCUT2D eigenvalue weighted by molar-refractivity contribution is 7.89. The van der Waals surface area contributed by atoms with Crippen molar-refractivity contribution in [2.24, 2.45) is 0 Å². The van der Waals surface area contributed by atoms with Crippen LogP contribution in [-0.2, 0) is 10.1 Å². The van der Waals surface area contributed by atoms with Gasteiger partial charge in [0.15, 0.2) is 0 Å². The van der Waals surface area contributed by atoms with Crippen molar-refractivity contribution in [2.75, 3.05) is 0 Å². The fourth-order valence-corrected chi connectivity index (χ4v) is 1.74. The lowest BCUT2D eigenvalue weighted by Gasteiger charge is -2.07. The lowest BCUT2D eigenvalue weighted by atomic mass is 10.1. The van der Waals surface area contributed by atoms with Gasteiger partial charge in [-0.2, -0.15) is 8.42 Å². The Balaban J connectivity index is 3.00. The second-order valence-electron chi connectivity index (χ2n) is 2.57. The molecular formula is C7H10O3S. The molecule has 0 saturated carbocycles. The van der Waals surface area contributed by atoms with Crippen molar-refractivity contribution in [3.63, 3.8) is 0 Å². The molecule has 0 spiro atoms. The van der Waals surface area contributed by atoms with Crippen LogP contribution in [-0.4, -0.2) is 13.0 Å². The molecule has 1 N–H and O–H groups in total. The fraction of sp³-hybridized carbons (Fsp3) is 0.429. The van der Waals surface area contributed by atoms with Crippen molar-refractivity contribution in [1.82, 2.24) is 0 Å². The highest BCUT2D eigenvalue weighted by Gasteiger charge is 2.14. The highest BCUT2D eigenvalue weighted by atomic mass is 32.2. The molecule has 11 heavy (non-hydrogen) atoms. The molecule has 0 atom stereocenters. The molecule has 62 valence electrons. The van der Waals surface area contributed by atoms with Crippen LogP contribution in [0.4, 0.5) is 0 Å². The van der Waals surface area contributed by atoms with Crippen LogP contribution in [0.5, 0.6) is 0 Å². The van der Waals surface area contributed by atoms with Gasteiger partial charge in [-0.1, -0.05) is 11.6 Å². The van der Waals surface area contributed by atoms with Crippen LogP contribution in [0.25, 0.3) is 0 Å². The summed E-state index contributed by atoms with van der Waals surface area (Å²) >= 11 is 0. The van der Waals surface area contributed by atoms with E-state index in [1.165, 1.54) is 6.08 Å². The third-order valence-electron chi connectivity index (χ3n) is 1.58. The molecule has 0 fully saturated rings. The summed E-state index contributed by atoms with van der Waals surface area (Å²) in [5.41, 5.74) is 0.892. The average Bonchev–Trinajstić information content (AvgIpc) is 1.86. The first-order valence-electron chi connectivity index (χ1n) is 3.35. The summed E-state index contributed by atoms with van der Waals surface area (Å²) in [4.78, 5) is 0.123. The molecule has 1 rings (SSSR count). The summed E-state index contributed by atoms with van der Waals surface area (Å²) < 4.78 is 29.8. The molecule has 0 radical (unpaired) electrons. The lowest BCUT2D eigenvalue weighted by molar-refractivity contribution is 0.489. The lowest BCUT2D eigenvalue weighted by Crippen LogP contribution is -2.04. The Bertz CT molecular complexity index is 309. The molecule has 0 unspecified atom stereocenters. The predicted octanol–water partition coefficient (Wildman–Crippen LogP) is 1.50. The summed E-state index contributed by atoms with van der Waals surface area (Å²) in [6, 6.07) is 0. The van der Waals surface area contributed by atoms with E-state index in [1.54, 1.807) is 0 Å². The first-order valence-corrected chi connectivity index (χ1v) is 4.79. The second kappa shape index (κ2) is 2.79. The summed E-state index contributed by atoms with van der Waals surface area (Å²) in [6.07, 6.45) is 4.54. The summed E-state index contributed by atoms with van der Waals surface area (Å²) in [6.45, 7) is 1.81. The molecule has 0 aromatic rings. The van der Waals surface area contributed by atoms with Crippen molar-refractivity contribution in [1.29, 1.82) is 0 Å². The first-order chi connectivity index (χ1) is 5.00.